The average Bonchev–Trinajstić information content (AvgIpc) is 2.86. The number of ether oxygens (including phenoxy) is 1. The Morgan fingerprint density at radius 3 is 2.88 bits per heavy atom. The Morgan fingerprint density at radius 2 is 2.21 bits per heavy atom. The third kappa shape index (κ3) is 4.71. The monoisotopic (exact) mass is 332 g/mol. The first-order valence-corrected chi connectivity index (χ1v) is 8.04. The highest BCUT2D eigenvalue weighted by Crippen LogP contribution is 2.15. The Kier molecular flexibility index (Phi) is 6.17. The molecule has 0 saturated heterocycles. The lowest BCUT2D eigenvalue weighted by atomic mass is 10.1. The Bertz CT molecular complexity index is 665. The number of carbonyl (C=O) groups is 1. The van der Waals surface area contributed by atoms with E-state index < -0.39 is 0 Å². The van der Waals surface area contributed by atoms with E-state index in [9.17, 15) is 4.79 Å². The Morgan fingerprint density at radius 1 is 1.42 bits per heavy atom. The van der Waals surface area contributed by atoms with Crippen molar-refractivity contribution in [2.24, 2.45) is 0 Å². The minimum atomic E-state index is -0.236. The van der Waals surface area contributed by atoms with Gasteiger partial charge in [-0.05, 0) is 40.2 Å². The summed E-state index contributed by atoms with van der Waals surface area (Å²) in [5, 5.41) is 9.67. The van der Waals surface area contributed by atoms with Crippen molar-refractivity contribution in [1.29, 1.82) is 0 Å². The minimum Gasteiger partial charge on any atom is -0.478 e. The van der Waals surface area contributed by atoms with E-state index in [1.807, 2.05) is 39.8 Å². The standard InChI is InChI=1S/C17H24N4O3/c1-5-23-16-14(7-6-8-18-16)10-19-17(22)20-11(2)9-15-12(3)21-24-13(15)4/h6-8,11H,5,9-10H2,1-4H3,(H2,19,20,22). The summed E-state index contributed by atoms with van der Waals surface area (Å²) in [5.41, 5.74) is 2.74. The molecule has 2 amide bonds. The number of aryl methyl sites for hydroxylation is 2. The van der Waals surface area contributed by atoms with E-state index in [1.54, 1.807) is 6.20 Å². The fourth-order valence-corrected chi connectivity index (χ4v) is 2.43. The van der Waals surface area contributed by atoms with Crippen molar-refractivity contribution in [3.05, 3.63) is 40.9 Å². The van der Waals surface area contributed by atoms with Crippen molar-refractivity contribution in [3.8, 4) is 5.88 Å². The van der Waals surface area contributed by atoms with Gasteiger partial charge in [-0.1, -0.05) is 11.2 Å². The van der Waals surface area contributed by atoms with Gasteiger partial charge in [0, 0.05) is 29.9 Å². The maximum absolute atomic E-state index is 12.1. The lowest BCUT2D eigenvalue weighted by Crippen LogP contribution is -2.41. The smallest absolute Gasteiger partial charge is 0.315 e. The first-order valence-electron chi connectivity index (χ1n) is 8.04. The summed E-state index contributed by atoms with van der Waals surface area (Å²) < 4.78 is 10.6. The number of pyridine rings is 1. The molecule has 24 heavy (non-hydrogen) atoms. The number of amides is 2. The van der Waals surface area contributed by atoms with Crippen LogP contribution in [0, 0.1) is 13.8 Å². The van der Waals surface area contributed by atoms with Crippen LogP contribution in [-0.2, 0) is 13.0 Å². The van der Waals surface area contributed by atoms with Gasteiger partial charge in [0.05, 0.1) is 12.3 Å². The number of carbonyl (C=O) groups excluding carboxylic acids is 1. The predicted molar refractivity (Wildman–Crippen MR) is 89.9 cm³/mol. The molecule has 0 bridgehead atoms. The molecule has 2 aromatic heterocycles. The number of nitrogens with zero attached hydrogens (tertiary/aromatic N) is 2. The van der Waals surface area contributed by atoms with Crippen LogP contribution in [0.25, 0.3) is 0 Å². The summed E-state index contributed by atoms with van der Waals surface area (Å²) in [7, 11) is 0. The number of hydrogen-bond donors (Lipinski definition) is 2. The van der Waals surface area contributed by atoms with Crippen molar-refractivity contribution in [2.45, 2.75) is 46.7 Å². The van der Waals surface area contributed by atoms with Gasteiger partial charge in [0.25, 0.3) is 0 Å². The predicted octanol–water partition coefficient (Wildman–Crippen LogP) is 2.52. The van der Waals surface area contributed by atoms with Crippen LogP contribution in [-0.4, -0.2) is 28.8 Å². The van der Waals surface area contributed by atoms with Crippen molar-refractivity contribution in [3.63, 3.8) is 0 Å². The SMILES string of the molecule is CCOc1ncccc1CNC(=O)NC(C)Cc1c(C)noc1C. The molecule has 0 fully saturated rings. The van der Waals surface area contributed by atoms with Gasteiger partial charge in [-0.25, -0.2) is 9.78 Å². The number of nitrogens with one attached hydrogen (secondary N) is 2. The maximum atomic E-state index is 12.1. The van der Waals surface area contributed by atoms with E-state index in [-0.39, 0.29) is 12.1 Å². The zero-order valence-electron chi connectivity index (χ0n) is 14.5. The van der Waals surface area contributed by atoms with Crippen LogP contribution >= 0.6 is 0 Å². The van der Waals surface area contributed by atoms with Crippen LogP contribution in [0.4, 0.5) is 4.79 Å². The molecule has 2 heterocycles. The number of urea groups is 1. The van der Waals surface area contributed by atoms with Gasteiger partial charge in [-0.15, -0.1) is 0 Å². The lowest BCUT2D eigenvalue weighted by molar-refractivity contribution is 0.237. The van der Waals surface area contributed by atoms with Gasteiger partial charge in [0.1, 0.15) is 5.76 Å². The van der Waals surface area contributed by atoms with Crippen LogP contribution in [0.3, 0.4) is 0 Å². The van der Waals surface area contributed by atoms with Gasteiger partial charge >= 0.3 is 6.03 Å². The van der Waals surface area contributed by atoms with E-state index in [0.717, 1.165) is 22.6 Å². The van der Waals surface area contributed by atoms with Gasteiger partial charge in [0.2, 0.25) is 5.88 Å². The second kappa shape index (κ2) is 8.33. The normalized spacial score (nSPS) is 11.8. The molecule has 0 saturated carbocycles. The molecule has 2 aromatic rings. The van der Waals surface area contributed by atoms with Crippen LogP contribution in [0.2, 0.25) is 0 Å². The largest absolute Gasteiger partial charge is 0.478 e. The molecule has 7 nitrogen and oxygen atoms in total. The highest BCUT2D eigenvalue weighted by Gasteiger charge is 2.15. The third-order valence-corrected chi connectivity index (χ3v) is 3.64. The van der Waals surface area contributed by atoms with Gasteiger partial charge < -0.3 is 19.9 Å². The van der Waals surface area contributed by atoms with Crippen molar-refractivity contribution in [1.82, 2.24) is 20.8 Å². The molecular formula is C17H24N4O3. The summed E-state index contributed by atoms with van der Waals surface area (Å²) in [5.74, 6) is 1.34. The van der Waals surface area contributed by atoms with E-state index >= 15 is 0 Å². The number of aromatic nitrogens is 2. The highest BCUT2D eigenvalue weighted by molar-refractivity contribution is 5.74. The summed E-state index contributed by atoms with van der Waals surface area (Å²) in [4.78, 5) is 16.2. The lowest BCUT2D eigenvalue weighted by Gasteiger charge is -2.15. The second-order valence-electron chi connectivity index (χ2n) is 5.64. The molecule has 0 aliphatic rings. The van der Waals surface area contributed by atoms with Gasteiger partial charge in [-0.2, -0.15) is 0 Å². The quantitative estimate of drug-likeness (QED) is 0.813. The van der Waals surface area contributed by atoms with E-state index in [0.29, 0.717) is 25.5 Å². The first kappa shape index (κ1) is 17.8. The van der Waals surface area contributed by atoms with Crippen molar-refractivity contribution >= 4 is 6.03 Å². The highest BCUT2D eigenvalue weighted by atomic mass is 16.5. The zero-order chi connectivity index (χ0) is 17.5. The molecular weight excluding hydrogens is 308 g/mol. The van der Waals surface area contributed by atoms with Gasteiger partial charge in [-0.3, -0.25) is 0 Å². The molecule has 130 valence electrons. The summed E-state index contributed by atoms with van der Waals surface area (Å²) in [6.07, 6.45) is 2.34. The van der Waals surface area contributed by atoms with Crippen molar-refractivity contribution < 1.29 is 14.1 Å². The topological polar surface area (TPSA) is 89.3 Å². The Labute approximate surface area is 141 Å². The Balaban J connectivity index is 1.85. The average molecular weight is 332 g/mol. The molecule has 0 spiro atoms. The molecule has 1 atom stereocenters. The Hall–Kier alpha value is -2.57. The van der Waals surface area contributed by atoms with Crippen molar-refractivity contribution in [2.75, 3.05) is 6.61 Å². The zero-order valence-corrected chi connectivity index (χ0v) is 14.5. The number of rotatable bonds is 7. The minimum absolute atomic E-state index is 0.0398. The van der Waals surface area contributed by atoms with E-state index in [2.05, 4.69) is 20.8 Å². The third-order valence-electron chi connectivity index (χ3n) is 3.64. The second-order valence-corrected chi connectivity index (χ2v) is 5.64. The van der Waals surface area contributed by atoms with Crippen LogP contribution in [0.1, 0.15) is 36.4 Å². The number of hydrogen-bond acceptors (Lipinski definition) is 5. The summed E-state index contributed by atoms with van der Waals surface area (Å²) in [6, 6.07) is 3.42. The fraction of sp³-hybridized carbons (Fsp3) is 0.471. The molecule has 7 heteroatoms. The molecule has 1 unspecified atom stereocenters. The molecule has 2 rings (SSSR count). The maximum Gasteiger partial charge on any atom is 0.315 e. The van der Waals surface area contributed by atoms with Gasteiger partial charge in [0.15, 0.2) is 0 Å². The van der Waals surface area contributed by atoms with Crippen LogP contribution < -0.4 is 15.4 Å². The molecule has 2 N–H and O–H groups in total. The molecule has 0 radical (unpaired) electrons. The summed E-state index contributed by atoms with van der Waals surface area (Å²) in [6.45, 7) is 8.50. The molecule has 0 aromatic carbocycles. The van der Waals surface area contributed by atoms with Crippen LogP contribution in [0.15, 0.2) is 22.9 Å². The molecule has 0 aliphatic heterocycles. The van der Waals surface area contributed by atoms with Crippen LogP contribution in [0.5, 0.6) is 5.88 Å². The van der Waals surface area contributed by atoms with E-state index in [4.69, 9.17) is 9.26 Å². The molecule has 0 aliphatic carbocycles. The fourth-order valence-electron chi connectivity index (χ4n) is 2.43. The summed E-state index contributed by atoms with van der Waals surface area (Å²) >= 11 is 0. The first-order chi connectivity index (χ1) is 11.5. The van der Waals surface area contributed by atoms with E-state index in [1.165, 1.54) is 0 Å².